The second-order valence-corrected chi connectivity index (χ2v) is 6.87. The fourth-order valence-corrected chi connectivity index (χ4v) is 3.76. The predicted molar refractivity (Wildman–Crippen MR) is 96.0 cm³/mol. The third-order valence-electron chi connectivity index (χ3n) is 4.98. The van der Waals surface area contributed by atoms with Gasteiger partial charge in [-0.1, -0.05) is 67.3 Å². The minimum Gasteiger partial charge on any atom is -0.487 e. The molecule has 2 aromatic rings. The van der Waals surface area contributed by atoms with Crippen LogP contribution in [0.2, 0.25) is 5.02 Å². The van der Waals surface area contributed by atoms with E-state index in [0.29, 0.717) is 18.2 Å². The molecule has 1 aliphatic rings. The van der Waals surface area contributed by atoms with E-state index in [0.717, 1.165) is 24.2 Å². The highest BCUT2D eigenvalue weighted by atomic mass is 35.5. The lowest BCUT2D eigenvalue weighted by molar-refractivity contribution is 0.296. The maximum Gasteiger partial charge on any atom is 0.138 e. The lowest BCUT2D eigenvalue weighted by Gasteiger charge is -2.37. The van der Waals surface area contributed by atoms with Gasteiger partial charge in [0.2, 0.25) is 0 Å². The summed E-state index contributed by atoms with van der Waals surface area (Å²) >= 11 is 6.47. The van der Waals surface area contributed by atoms with Gasteiger partial charge in [0.1, 0.15) is 12.4 Å². The van der Waals surface area contributed by atoms with Crippen LogP contribution in [-0.4, -0.2) is 6.54 Å². The normalized spacial score (nSPS) is 17.0. The number of nitrogens with two attached hydrogens (primary N) is 1. The Kier molecular flexibility index (Phi) is 5.24. The molecule has 23 heavy (non-hydrogen) atoms. The molecule has 0 radical (unpaired) electrons. The fraction of sp³-hybridized carbons (Fsp3) is 0.400. The van der Waals surface area contributed by atoms with E-state index in [1.807, 2.05) is 36.4 Å². The molecule has 0 bridgehead atoms. The minimum atomic E-state index is 0.0971. The molecule has 2 nitrogen and oxygen atoms in total. The Bertz CT molecular complexity index is 635. The first kappa shape index (κ1) is 16.4. The first-order valence-electron chi connectivity index (χ1n) is 8.40. The van der Waals surface area contributed by atoms with Crippen LogP contribution < -0.4 is 10.5 Å². The summed E-state index contributed by atoms with van der Waals surface area (Å²) in [5.74, 6) is 0.738. The van der Waals surface area contributed by atoms with E-state index < -0.39 is 0 Å². The van der Waals surface area contributed by atoms with E-state index >= 15 is 0 Å². The molecule has 3 heteroatoms. The molecule has 0 heterocycles. The van der Waals surface area contributed by atoms with Crippen molar-refractivity contribution in [3.8, 4) is 5.75 Å². The zero-order valence-corrected chi connectivity index (χ0v) is 14.2. The molecule has 0 unspecified atom stereocenters. The first-order valence-corrected chi connectivity index (χ1v) is 8.78. The monoisotopic (exact) mass is 329 g/mol. The number of hydrogen-bond acceptors (Lipinski definition) is 2. The summed E-state index contributed by atoms with van der Waals surface area (Å²) in [7, 11) is 0. The summed E-state index contributed by atoms with van der Waals surface area (Å²) in [4.78, 5) is 0. The smallest absolute Gasteiger partial charge is 0.138 e. The number of hydrogen-bond donors (Lipinski definition) is 1. The van der Waals surface area contributed by atoms with E-state index in [2.05, 4.69) is 12.1 Å². The van der Waals surface area contributed by atoms with Gasteiger partial charge in [-0.25, -0.2) is 0 Å². The molecular formula is C20H24ClNO. The maximum atomic E-state index is 6.47. The van der Waals surface area contributed by atoms with E-state index in [9.17, 15) is 0 Å². The van der Waals surface area contributed by atoms with Gasteiger partial charge in [-0.2, -0.15) is 0 Å². The second-order valence-electron chi connectivity index (χ2n) is 6.46. The average molecular weight is 330 g/mol. The van der Waals surface area contributed by atoms with Gasteiger partial charge in [0, 0.05) is 12.0 Å². The minimum absolute atomic E-state index is 0.0971. The molecule has 122 valence electrons. The summed E-state index contributed by atoms with van der Waals surface area (Å²) < 4.78 is 5.87. The highest BCUT2D eigenvalue weighted by Gasteiger charge is 2.32. The van der Waals surface area contributed by atoms with Crippen molar-refractivity contribution in [1.82, 2.24) is 0 Å². The van der Waals surface area contributed by atoms with Crippen molar-refractivity contribution in [1.29, 1.82) is 0 Å². The van der Waals surface area contributed by atoms with Crippen molar-refractivity contribution in [3.05, 3.63) is 64.7 Å². The zero-order valence-electron chi connectivity index (χ0n) is 13.4. The summed E-state index contributed by atoms with van der Waals surface area (Å²) in [6, 6.07) is 16.3. The summed E-state index contributed by atoms with van der Waals surface area (Å²) in [5, 5.41) is 0.678. The largest absolute Gasteiger partial charge is 0.487 e. The van der Waals surface area contributed by atoms with Crippen LogP contribution in [0.3, 0.4) is 0 Å². The van der Waals surface area contributed by atoms with Crippen LogP contribution >= 0.6 is 11.6 Å². The SMILES string of the molecule is NCC1(c2ccc(OCc3ccccc3)c(Cl)c2)CCCCC1. The van der Waals surface area contributed by atoms with Gasteiger partial charge in [-0.15, -0.1) is 0 Å². The molecular weight excluding hydrogens is 306 g/mol. The lowest BCUT2D eigenvalue weighted by Crippen LogP contribution is -2.37. The van der Waals surface area contributed by atoms with Crippen LogP contribution in [-0.2, 0) is 12.0 Å². The first-order chi connectivity index (χ1) is 11.2. The van der Waals surface area contributed by atoms with Crippen molar-refractivity contribution >= 4 is 11.6 Å². The highest BCUT2D eigenvalue weighted by Crippen LogP contribution is 2.41. The Morgan fingerprint density at radius 2 is 1.74 bits per heavy atom. The van der Waals surface area contributed by atoms with E-state index in [1.165, 1.54) is 24.8 Å². The molecule has 3 rings (SSSR count). The molecule has 1 fully saturated rings. The van der Waals surface area contributed by atoms with Crippen molar-refractivity contribution < 1.29 is 4.74 Å². The lowest BCUT2D eigenvalue weighted by atomic mass is 9.69. The van der Waals surface area contributed by atoms with Crippen LogP contribution in [0.4, 0.5) is 0 Å². The molecule has 0 aliphatic heterocycles. The summed E-state index contributed by atoms with van der Waals surface area (Å²) in [6.07, 6.45) is 6.13. The van der Waals surface area contributed by atoms with Crippen molar-refractivity contribution in [3.63, 3.8) is 0 Å². The molecule has 2 N–H and O–H groups in total. The van der Waals surface area contributed by atoms with Gasteiger partial charge in [-0.05, 0) is 36.1 Å². The number of ether oxygens (including phenoxy) is 1. The molecule has 1 saturated carbocycles. The van der Waals surface area contributed by atoms with Gasteiger partial charge in [0.25, 0.3) is 0 Å². The van der Waals surface area contributed by atoms with Crippen LogP contribution in [0.5, 0.6) is 5.75 Å². The summed E-state index contributed by atoms with van der Waals surface area (Å²) in [5.41, 5.74) is 8.61. The number of benzene rings is 2. The van der Waals surface area contributed by atoms with Crippen LogP contribution in [0.25, 0.3) is 0 Å². The van der Waals surface area contributed by atoms with Gasteiger partial charge >= 0.3 is 0 Å². The Morgan fingerprint density at radius 3 is 2.39 bits per heavy atom. The summed E-state index contributed by atoms with van der Waals surface area (Å²) in [6.45, 7) is 1.22. The van der Waals surface area contributed by atoms with Crippen molar-refractivity contribution in [2.24, 2.45) is 5.73 Å². The topological polar surface area (TPSA) is 35.2 Å². The van der Waals surface area contributed by atoms with Crippen LogP contribution in [0.1, 0.15) is 43.2 Å². The standard InChI is InChI=1S/C20H24ClNO/c21-18-13-17(20(15-22)11-5-2-6-12-20)9-10-19(18)23-14-16-7-3-1-4-8-16/h1,3-4,7-10,13H,2,5-6,11-12,14-15,22H2. The van der Waals surface area contributed by atoms with E-state index in [-0.39, 0.29) is 5.41 Å². The Hall–Kier alpha value is -1.51. The number of rotatable bonds is 5. The molecule has 0 amide bonds. The third-order valence-corrected chi connectivity index (χ3v) is 5.28. The quantitative estimate of drug-likeness (QED) is 0.830. The maximum absolute atomic E-state index is 6.47. The molecule has 0 aromatic heterocycles. The van der Waals surface area contributed by atoms with Gasteiger partial charge in [0.05, 0.1) is 5.02 Å². The van der Waals surface area contributed by atoms with Crippen LogP contribution in [0, 0.1) is 0 Å². The predicted octanol–water partition coefficient (Wildman–Crippen LogP) is 5.08. The van der Waals surface area contributed by atoms with Gasteiger partial charge in [-0.3, -0.25) is 0 Å². The molecule has 2 aromatic carbocycles. The second kappa shape index (κ2) is 7.37. The highest BCUT2D eigenvalue weighted by molar-refractivity contribution is 6.32. The number of halogens is 1. The van der Waals surface area contributed by atoms with E-state index in [4.69, 9.17) is 22.1 Å². The Balaban J connectivity index is 1.75. The molecule has 0 spiro atoms. The van der Waals surface area contributed by atoms with Gasteiger partial charge in [0.15, 0.2) is 0 Å². The third kappa shape index (κ3) is 3.70. The van der Waals surface area contributed by atoms with Gasteiger partial charge < -0.3 is 10.5 Å². The van der Waals surface area contributed by atoms with Crippen molar-refractivity contribution in [2.75, 3.05) is 6.54 Å². The Labute approximate surface area is 143 Å². The van der Waals surface area contributed by atoms with Crippen molar-refractivity contribution in [2.45, 2.75) is 44.1 Å². The van der Waals surface area contributed by atoms with E-state index in [1.54, 1.807) is 0 Å². The molecule has 0 saturated heterocycles. The molecule has 0 atom stereocenters. The molecule has 1 aliphatic carbocycles. The Morgan fingerprint density at radius 1 is 1.00 bits per heavy atom. The zero-order chi connectivity index (χ0) is 16.1. The fourth-order valence-electron chi connectivity index (χ4n) is 3.52. The van der Waals surface area contributed by atoms with Crippen LogP contribution in [0.15, 0.2) is 48.5 Å². The average Bonchev–Trinajstić information content (AvgIpc) is 2.62.